The van der Waals surface area contributed by atoms with E-state index in [1.807, 2.05) is 0 Å². The number of hydrogen-bond acceptors (Lipinski definition) is 4. The summed E-state index contributed by atoms with van der Waals surface area (Å²) in [6, 6.07) is 1.52. The fourth-order valence-electron chi connectivity index (χ4n) is 1.38. The van der Waals surface area contributed by atoms with E-state index in [4.69, 9.17) is 9.84 Å². The lowest BCUT2D eigenvalue weighted by Crippen LogP contribution is -1.96. The maximum Gasteiger partial charge on any atom is 0.337 e. The molecule has 0 atom stereocenters. The molecular weight excluding hydrogens is 210 g/mol. The van der Waals surface area contributed by atoms with Crippen molar-refractivity contribution in [1.82, 2.24) is 15.0 Å². The van der Waals surface area contributed by atoms with Crippen LogP contribution in [0.15, 0.2) is 12.3 Å². The summed E-state index contributed by atoms with van der Waals surface area (Å²) < 4.78 is 4.93. The lowest BCUT2D eigenvalue weighted by atomic mass is 10.3. The summed E-state index contributed by atoms with van der Waals surface area (Å²) in [4.78, 5) is 21.9. The molecule has 0 aliphatic carbocycles. The largest absolute Gasteiger partial charge is 0.478 e. The molecule has 0 aliphatic heterocycles. The van der Waals surface area contributed by atoms with Gasteiger partial charge >= 0.3 is 5.97 Å². The minimum Gasteiger partial charge on any atom is -0.478 e. The number of nitrogens with zero attached hydrogens (tertiary/aromatic N) is 2. The van der Waals surface area contributed by atoms with Crippen molar-refractivity contribution >= 4 is 17.1 Å². The Morgan fingerprint density at radius 1 is 1.62 bits per heavy atom. The van der Waals surface area contributed by atoms with E-state index in [1.165, 1.54) is 12.3 Å². The van der Waals surface area contributed by atoms with Crippen molar-refractivity contribution in [2.45, 2.75) is 6.42 Å². The first-order valence-corrected chi connectivity index (χ1v) is 4.77. The zero-order chi connectivity index (χ0) is 11.5. The fraction of sp³-hybridized carbons (Fsp3) is 0.300. The number of carboxylic acid groups (broad SMARTS) is 1. The molecule has 0 radical (unpaired) electrons. The minimum atomic E-state index is -0.998. The first-order chi connectivity index (χ1) is 7.70. The second-order valence-corrected chi connectivity index (χ2v) is 3.33. The van der Waals surface area contributed by atoms with Crippen molar-refractivity contribution in [2.75, 3.05) is 13.7 Å². The molecule has 0 saturated carbocycles. The normalized spacial score (nSPS) is 10.8. The molecule has 0 saturated heterocycles. The Kier molecular flexibility index (Phi) is 2.82. The average Bonchev–Trinajstić information content (AvgIpc) is 2.67. The average molecular weight is 221 g/mol. The van der Waals surface area contributed by atoms with E-state index in [-0.39, 0.29) is 5.56 Å². The molecule has 16 heavy (non-hydrogen) atoms. The number of carbonyl (C=O) groups is 1. The molecule has 0 unspecified atom stereocenters. The molecule has 2 aromatic heterocycles. The van der Waals surface area contributed by atoms with Crippen molar-refractivity contribution in [2.24, 2.45) is 0 Å². The number of hydrogen-bond donors (Lipinski definition) is 2. The van der Waals surface area contributed by atoms with E-state index in [0.717, 1.165) is 5.82 Å². The number of methoxy groups -OCH3 is 1. The van der Waals surface area contributed by atoms with Crippen molar-refractivity contribution in [3.05, 3.63) is 23.7 Å². The monoisotopic (exact) mass is 221 g/mol. The summed E-state index contributed by atoms with van der Waals surface area (Å²) in [5.74, 6) is -0.255. The third-order valence-corrected chi connectivity index (χ3v) is 2.18. The molecule has 2 N–H and O–H groups in total. The Bertz CT molecular complexity index is 521. The summed E-state index contributed by atoms with van der Waals surface area (Å²) >= 11 is 0. The molecule has 6 heteroatoms. The van der Waals surface area contributed by atoms with Gasteiger partial charge in [-0.25, -0.2) is 14.8 Å². The summed E-state index contributed by atoms with van der Waals surface area (Å²) in [6.45, 7) is 0.561. The highest BCUT2D eigenvalue weighted by Crippen LogP contribution is 2.11. The van der Waals surface area contributed by atoms with E-state index in [9.17, 15) is 4.79 Å². The molecule has 0 bridgehead atoms. The van der Waals surface area contributed by atoms with E-state index in [2.05, 4.69) is 15.0 Å². The number of ether oxygens (including phenoxy) is 1. The van der Waals surface area contributed by atoms with Gasteiger partial charge in [0.1, 0.15) is 5.82 Å². The van der Waals surface area contributed by atoms with E-state index < -0.39 is 5.97 Å². The highest BCUT2D eigenvalue weighted by molar-refractivity contribution is 5.90. The minimum absolute atomic E-state index is 0.148. The van der Waals surface area contributed by atoms with Crippen LogP contribution in [-0.2, 0) is 11.2 Å². The van der Waals surface area contributed by atoms with Crippen LogP contribution in [-0.4, -0.2) is 39.7 Å². The Balaban J connectivity index is 2.34. The molecule has 6 nitrogen and oxygen atoms in total. The lowest BCUT2D eigenvalue weighted by Gasteiger charge is -1.92. The summed E-state index contributed by atoms with van der Waals surface area (Å²) in [5.41, 5.74) is 1.30. The Morgan fingerprint density at radius 2 is 2.44 bits per heavy atom. The summed E-state index contributed by atoms with van der Waals surface area (Å²) in [7, 11) is 1.61. The van der Waals surface area contributed by atoms with Gasteiger partial charge in [0.15, 0.2) is 5.65 Å². The predicted molar refractivity (Wildman–Crippen MR) is 56.4 cm³/mol. The van der Waals surface area contributed by atoms with Crippen LogP contribution in [0.3, 0.4) is 0 Å². The maximum absolute atomic E-state index is 10.7. The lowest BCUT2D eigenvalue weighted by molar-refractivity contribution is 0.0696. The molecule has 0 spiro atoms. The molecule has 2 rings (SSSR count). The second kappa shape index (κ2) is 4.28. The smallest absolute Gasteiger partial charge is 0.337 e. The standard InChI is InChI=1S/C10H11N3O3/c1-16-3-2-8-12-7-4-6(10(14)15)5-11-9(7)13-8/h4-5H,2-3H2,1H3,(H,14,15)(H,11,12,13). The van der Waals surface area contributed by atoms with E-state index in [0.29, 0.717) is 24.2 Å². The van der Waals surface area contributed by atoms with Crippen LogP contribution in [0.1, 0.15) is 16.2 Å². The van der Waals surface area contributed by atoms with Crippen LogP contribution >= 0.6 is 0 Å². The molecule has 0 amide bonds. The highest BCUT2D eigenvalue weighted by atomic mass is 16.5. The SMILES string of the molecule is COCCc1nc2ncc(C(=O)O)cc2[nH]1. The molecule has 0 aromatic carbocycles. The van der Waals surface area contributed by atoms with Gasteiger partial charge in [0, 0.05) is 19.7 Å². The number of fused-ring (bicyclic) bond motifs is 1. The van der Waals surface area contributed by atoms with Gasteiger partial charge in [-0.15, -0.1) is 0 Å². The van der Waals surface area contributed by atoms with Crippen molar-refractivity contribution in [3.8, 4) is 0 Å². The fourth-order valence-corrected chi connectivity index (χ4v) is 1.38. The zero-order valence-electron chi connectivity index (χ0n) is 8.73. The molecule has 0 aliphatic rings. The predicted octanol–water partition coefficient (Wildman–Crippen LogP) is 0.845. The third-order valence-electron chi connectivity index (χ3n) is 2.18. The Hall–Kier alpha value is -1.95. The quantitative estimate of drug-likeness (QED) is 0.798. The molecule has 2 aromatic rings. The van der Waals surface area contributed by atoms with Gasteiger partial charge in [0.05, 0.1) is 17.7 Å². The van der Waals surface area contributed by atoms with Gasteiger partial charge < -0.3 is 14.8 Å². The van der Waals surface area contributed by atoms with Crippen molar-refractivity contribution < 1.29 is 14.6 Å². The van der Waals surface area contributed by atoms with Gasteiger partial charge in [-0.05, 0) is 6.07 Å². The molecular formula is C10H11N3O3. The van der Waals surface area contributed by atoms with E-state index in [1.54, 1.807) is 7.11 Å². The number of aromatic amines is 1. The number of aromatic carboxylic acids is 1. The van der Waals surface area contributed by atoms with Crippen LogP contribution in [0.4, 0.5) is 0 Å². The van der Waals surface area contributed by atoms with Crippen LogP contribution in [0.2, 0.25) is 0 Å². The van der Waals surface area contributed by atoms with Crippen molar-refractivity contribution in [1.29, 1.82) is 0 Å². The second-order valence-electron chi connectivity index (χ2n) is 3.33. The van der Waals surface area contributed by atoms with Gasteiger partial charge in [-0.2, -0.15) is 0 Å². The number of aromatic nitrogens is 3. The number of carboxylic acids is 1. The number of nitrogens with one attached hydrogen (secondary N) is 1. The zero-order valence-corrected chi connectivity index (χ0v) is 8.73. The maximum atomic E-state index is 10.7. The molecule has 0 fully saturated rings. The highest BCUT2D eigenvalue weighted by Gasteiger charge is 2.08. The Morgan fingerprint density at radius 3 is 3.12 bits per heavy atom. The van der Waals surface area contributed by atoms with Crippen LogP contribution in [0.25, 0.3) is 11.2 Å². The molecule has 84 valence electrons. The van der Waals surface area contributed by atoms with Crippen LogP contribution in [0, 0.1) is 0 Å². The number of rotatable bonds is 4. The first-order valence-electron chi connectivity index (χ1n) is 4.77. The Labute approximate surface area is 91.3 Å². The topological polar surface area (TPSA) is 88.1 Å². The number of H-pyrrole nitrogens is 1. The van der Waals surface area contributed by atoms with Crippen LogP contribution < -0.4 is 0 Å². The summed E-state index contributed by atoms with van der Waals surface area (Å²) in [6.07, 6.45) is 1.95. The van der Waals surface area contributed by atoms with Gasteiger partial charge in [0.25, 0.3) is 0 Å². The first kappa shape index (κ1) is 10.6. The van der Waals surface area contributed by atoms with Gasteiger partial charge in [-0.3, -0.25) is 0 Å². The third kappa shape index (κ3) is 2.01. The summed E-state index contributed by atoms with van der Waals surface area (Å²) in [5, 5.41) is 8.80. The number of imidazole rings is 1. The number of pyridine rings is 1. The van der Waals surface area contributed by atoms with Gasteiger partial charge in [-0.1, -0.05) is 0 Å². The van der Waals surface area contributed by atoms with Crippen molar-refractivity contribution in [3.63, 3.8) is 0 Å². The van der Waals surface area contributed by atoms with Gasteiger partial charge in [0.2, 0.25) is 0 Å². The van der Waals surface area contributed by atoms with Crippen LogP contribution in [0.5, 0.6) is 0 Å². The molecule has 2 heterocycles. The van der Waals surface area contributed by atoms with E-state index >= 15 is 0 Å².